The number of rotatable bonds is 9. The summed E-state index contributed by atoms with van der Waals surface area (Å²) in [5.74, 6) is -0.0261. The fourth-order valence-corrected chi connectivity index (χ4v) is 6.17. The first-order chi connectivity index (χ1) is 14.7. The first kappa shape index (κ1) is 24.2. The standard InChI is InChI=1S/C22H30ClN3O3S2/c1-16(2)21(25-31(28,29)20-4-3-13-30-20)22(27)24-14-17-9-11-26(12-10-17)15-18-5-7-19(23)8-6-18/h3-8,13,16-17,21,25H,9-12,14-15H2,1-2H3,(H,24,27). The molecule has 1 aromatic heterocycles. The number of piperidine rings is 1. The van der Waals surface area contributed by atoms with Crippen LogP contribution in [0.5, 0.6) is 0 Å². The van der Waals surface area contributed by atoms with E-state index in [9.17, 15) is 13.2 Å². The Labute approximate surface area is 194 Å². The van der Waals surface area contributed by atoms with Gasteiger partial charge in [-0.05, 0) is 66.9 Å². The van der Waals surface area contributed by atoms with Gasteiger partial charge in [0.05, 0.1) is 0 Å². The van der Waals surface area contributed by atoms with E-state index >= 15 is 0 Å². The molecule has 1 aromatic carbocycles. The minimum atomic E-state index is -3.70. The van der Waals surface area contributed by atoms with E-state index in [4.69, 9.17) is 11.6 Å². The number of nitrogens with zero attached hydrogens (tertiary/aromatic N) is 1. The summed E-state index contributed by atoms with van der Waals surface area (Å²) >= 11 is 7.09. The molecular formula is C22H30ClN3O3S2. The van der Waals surface area contributed by atoms with Crippen LogP contribution in [0.4, 0.5) is 0 Å². The Kier molecular flexibility index (Phi) is 8.52. The first-order valence-corrected chi connectivity index (χ1v) is 13.3. The Morgan fingerprint density at radius 3 is 2.45 bits per heavy atom. The van der Waals surface area contributed by atoms with E-state index in [1.165, 1.54) is 5.56 Å². The summed E-state index contributed by atoms with van der Waals surface area (Å²) in [5, 5.41) is 5.43. The summed E-state index contributed by atoms with van der Waals surface area (Å²) in [5.41, 5.74) is 1.24. The van der Waals surface area contributed by atoms with Crippen LogP contribution in [-0.2, 0) is 21.4 Å². The van der Waals surface area contributed by atoms with Crippen molar-refractivity contribution in [3.05, 3.63) is 52.4 Å². The molecule has 31 heavy (non-hydrogen) atoms. The number of hydrogen-bond donors (Lipinski definition) is 2. The second-order valence-corrected chi connectivity index (χ2v) is 11.7. The van der Waals surface area contributed by atoms with Gasteiger partial charge in [0.1, 0.15) is 10.3 Å². The van der Waals surface area contributed by atoms with Gasteiger partial charge in [-0.2, -0.15) is 4.72 Å². The van der Waals surface area contributed by atoms with Crippen molar-refractivity contribution in [3.8, 4) is 0 Å². The van der Waals surface area contributed by atoms with Crippen LogP contribution in [-0.4, -0.2) is 44.9 Å². The van der Waals surface area contributed by atoms with Crippen molar-refractivity contribution in [1.82, 2.24) is 14.9 Å². The Hall–Kier alpha value is -1.45. The average Bonchev–Trinajstić information content (AvgIpc) is 3.29. The van der Waals surface area contributed by atoms with Crippen molar-refractivity contribution in [2.45, 2.75) is 43.5 Å². The molecule has 1 amide bonds. The SMILES string of the molecule is CC(C)C(NS(=O)(=O)c1cccs1)C(=O)NCC1CCN(Cc2ccc(Cl)cc2)CC1. The number of likely N-dealkylation sites (tertiary alicyclic amines) is 1. The van der Waals surface area contributed by atoms with Crippen molar-refractivity contribution in [1.29, 1.82) is 0 Å². The van der Waals surface area contributed by atoms with Crippen molar-refractivity contribution in [3.63, 3.8) is 0 Å². The van der Waals surface area contributed by atoms with E-state index in [-0.39, 0.29) is 16.0 Å². The molecular weight excluding hydrogens is 454 g/mol. The van der Waals surface area contributed by atoms with Crippen molar-refractivity contribution < 1.29 is 13.2 Å². The third-order valence-electron chi connectivity index (χ3n) is 5.58. The molecule has 0 aliphatic carbocycles. The zero-order valence-electron chi connectivity index (χ0n) is 17.9. The number of carbonyl (C=O) groups excluding carboxylic acids is 1. The minimum absolute atomic E-state index is 0.157. The van der Waals surface area contributed by atoms with Crippen LogP contribution in [0.2, 0.25) is 5.02 Å². The summed E-state index contributed by atoms with van der Waals surface area (Å²) in [6.07, 6.45) is 2.00. The largest absolute Gasteiger partial charge is 0.354 e. The van der Waals surface area contributed by atoms with Gasteiger partial charge in [-0.3, -0.25) is 9.69 Å². The van der Waals surface area contributed by atoms with Gasteiger partial charge in [-0.1, -0.05) is 43.6 Å². The number of halogens is 1. The lowest BCUT2D eigenvalue weighted by Crippen LogP contribution is -2.50. The second kappa shape index (κ2) is 10.9. The molecule has 1 fully saturated rings. The number of carbonyl (C=O) groups is 1. The van der Waals surface area contributed by atoms with Gasteiger partial charge in [0.2, 0.25) is 5.91 Å². The van der Waals surface area contributed by atoms with E-state index in [0.717, 1.165) is 48.8 Å². The van der Waals surface area contributed by atoms with Crippen LogP contribution in [0.3, 0.4) is 0 Å². The Morgan fingerprint density at radius 2 is 1.87 bits per heavy atom. The average molecular weight is 484 g/mol. The maximum absolute atomic E-state index is 12.8. The Bertz CT molecular complexity index is 939. The van der Waals surface area contributed by atoms with E-state index in [0.29, 0.717) is 12.5 Å². The second-order valence-electron chi connectivity index (χ2n) is 8.37. The van der Waals surface area contributed by atoms with E-state index < -0.39 is 16.1 Å². The molecule has 2 N–H and O–H groups in total. The number of amides is 1. The van der Waals surface area contributed by atoms with Crippen LogP contribution in [0.25, 0.3) is 0 Å². The highest BCUT2D eigenvalue weighted by Crippen LogP contribution is 2.20. The normalized spacial score (nSPS) is 17.0. The summed E-state index contributed by atoms with van der Waals surface area (Å²) in [7, 11) is -3.70. The first-order valence-electron chi connectivity index (χ1n) is 10.5. The number of nitrogens with one attached hydrogen (secondary N) is 2. The molecule has 1 atom stereocenters. The third kappa shape index (κ3) is 7.02. The van der Waals surface area contributed by atoms with Gasteiger partial charge in [-0.25, -0.2) is 8.42 Å². The van der Waals surface area contributed by atoms with Crippen LogP contribution < -0.4 is 10.0 Å². The lowest BCUT2D eigenvalue weighted by atomic mass is 9.96. The monoisotopic (exact) mass is 483 g/mol. The molecule has 3 rings (SSSR count). The summed E-state index contributed by atoms with van der Waals surface area (Å²) < 4.78 is 27.9. The van der Waals surface area contributed by atoms with E-state index in [1.807, 2.05) is 26.0 Å². The molecule has 6 nitrogen and oxygen atoms in total. The summed E-state index contributed by atoms with van der Waals surface area (Å²) in [4.78, 5) is 15.2. The number of thiophene rings is 1. The maximum atomic E-state index is 12.8. The highest BCUT2D eigenvalue weighted by molar-refractivity contribution is 7.91. The van der Waals surface area contributed by atoms with Gasteiger partial charge in [0.15, 0.2) is 0 Å². The number of benzene rings is 1. The smallest absolute Gasteiger partial charge is 0.250 e. The van der Waals surface area contributed by atoms with Gasteiger partial charge < -0.3 is 5.32 Å². The fourth-order valence-electron chi connectivity index (χ4n) is 3.69. The molecule has 0 saturated carbocycles. The van der Waals surface area contributed by atoms with Crippen LogP contribution in [0.15, 0.2) is 46.0 Å². The Morgan fingerprint density at radius 1 is 1.19 bits per heavy atom. The van der Waals surface area contributed by atoms with Crippen LogP contribution in [0, 0.1) is 11.8 Å². The third-order valence-corrected chi connectivity index (χ3v) is 8.67. The van der Waals surface area contributed by atoms with E-state index in [1.54, 1.807) is 17.5 Å². The minimum Gasteiger partial charge on any atom is -0.354 e. The molecule has 2 aromatic rings. The molecule has 1 unspecified atom stereocenters. The zero-order chi connectivity index (χ0) is 22.4. The fraction of sp³-hybridized carbons (Fsp3) is 0.500. The van der Waals surface area contributed by atoms with Crippen molar-refractivity contribution >= 4 is 38.9 Å². The van der Waals surface area contributed by atoms with Gasteiger partial charge in [0.25, 0.3) is 10.0 Å². The van der Waals surface area contributed by atoms with Crippen LogP contribution >= 0.6 is 22.9 Å². The van der Waals surface area contributed by atoms with E-state index in [2.05, 4.69) is 27.1 Å². The topological polar surface area (TPSA) is 78.5 Å². The Balaban J connectivity index is 1.46. The molecule has 170 valence electrons. The molecule has 1 saturated heterocycles. The molecule has 0 radical (unpaired) electrons. The molecule has 1 aliphatic heterocycles. The highest BCUT2D eigenvalue weighted by Gasteiger charge is 2.29. The molecule has 0 spiro atoms. The lowest BCUT2D eigenvalue weighted by Gasteiger charge is -2.32. The van der Waals surface area contributed by atoms with Crippen molar-refractivity contribution in [2.24, 2.45) is 11.8 Å². The maximum Gasteiger partial charge on any atom is 0.250 e. The quantitative estimate of drug-likeness (QED) is 0.569. The van der Waals surface area contributed by atoms with Gasteiger partial charge in [0, 0.05) is 18.1 Å². The zero-order valence-corrected chi connectivity index (χ0v) is 20.3. The van der Waals surface area contributed by atoms with Crippen molar-refractivity contribution in [2.75, 3.05) is 19.6 Å². The number of hydrogen-bond acceptors (Lipinski definition) is 5. The summed E-state index contributed by atoms with van der Waals surface area (Å²) in [6.45, 7) is 7.10. The van der Waals surface area contributed by atoms with Crippen LogP contribution in [0.1, 0.15) is 32.3 Å². The molecule has 2 heterocycles. The molecule has 0 bridgehead atoms. The predicted octanol–water partition coefficient (Wildman–Crippen LogP) is 3.73. The van der Waals surface area contributed by atoms with Gasteiger partial charge >= 0.3 is 0 Å². The molecule has 9 heteroatoms. The molecule has 1 aliphatic rings. The summed E-state index contributed by atoms with van der Waals surface area (Å²) in [6, 6.07) is 10.4. The van der Waals surface area contributed by atoms with Gasteiger partial charge in [-0.15, -0.1) is 11.3 Å². The predicted molar refractivity (Wildman–Crippen MR) is 126 cm³/mol. The highest BCUT2D eigenvalue weighted by atomic mass is 35.5. The lowest BCUT2D eigenvalue weighted by molar-refractivity contribution is -0.123. The number of sulfonamides is 1.